The zero-order valence-corrected chi connectivity index (χ0v) is 10.5. The van der Waals surface area contributed by atoms with E-state index in [0.717, 1.165) is 11.3 Å². The van der Waals surface area contributed by atoms with Crippen LogP contribution in [0.3, 0.4) is 0 Å². The first kappa shape index (κ1) is 12.7. The summed E-state index contributed by atoms with van der Waals surface area (Å²) in [6.45, 7) is 0. The van der Waals surface area contributed by atoms with Gasteiger partial charge in [0, 0.05) is 18.0 Å². The Hall–Kier alpha value is -2.80. The van der Waals surface area contributed by atoms with Crippen molar-refractivity contribution in [3.8, 4) is 11.8 Å². The summed E-state index contributed by atoms with van der Waals surface area (Å²) in [5.41, 5.74) is 8.39. The second-order valence-electron chi connectivity index (χ2n) is 3.87. The van der Waals surface area contributed by atoms with Crippen molar-refractivity contribution in [3.63, 3.8) is 0 Å². The van der Waals surface area contributed by atoms with Gasteiger partial charge in [-0.05, 0) is 35.9 Å². The highest BCUT2D eigenvalue weighted by Crippen LogP contribution is 2.23. The van der Waals surface area contributed by atoms with Crippen LogP contribution in [-0.2, 0) is 0 Å². The average Bonchev–Trinajstić information content (AvgIpc) is 2.49. The molecule has 0 aliphatic carbocycles. The summed E-state index contributed by atoms with van der Waals surface area (Å²) in [6, 6.07) is 13.0. The molecule has 1 aromatic heterocycles. The van der Waals surface area contributed by atoms with Gasteiger partial charge in [0.1, 0.15) is 11.8 Å². The molecule has 2 aromatic rings. The van der Waals surface area contributed by atoms with Gasteiger partial charge in [-0.15, -0.1) is 0 Å². The summed E-state index contributed by atoms with van der Waals surface area (Å²) >= 11 is 0. The zero-order chi connectivity index (χ0) is 13.7. The third-order valence-corrected chi connectivity index (χ3v) is 2.73. The topological polar surface area (TPSA) is 71.9 Å². The Morgan fingerprint density at radius 1 is 1.21 bits per heavy atom. The number of aromatic nitrogens is 1. The van der Waals surface area contributed by atoms with Gasteiger partial charge in [0.2, 0.25) is 0 Å². The van der Waals surface area contributed by atoms with Crippen LogP contribution in [0.5, 0.6) is 5.75 Å². The molecule has 4 nitrogen and oxygen atoms in total. The predicted octanol–water partition coefficient (Wildman–Crippen LogP) is 2.44. The highest BCUT2D eigenvalue weighted by molar-refractivity contribution is 5.95. The van der Waals surface area contributed by atoms with Crippen LogP contribution in [0.1, 0.15) is 11.1 Å². The molecular formula is C15H13N3O. The number of allylic oxidation sites excluding steroid dienone is 1. The van der Waals surface area contributed by atoms with Crippen molar-refractivity contribution < 1.29 is 4.74 Å². The fraction of sp³-hybridized carbons (Fsp3) is 0.0667. The summed E-state index contributed by atoms with van der Waals surface area (Å²) in [6.07, 6.45) is 3.27. The first-order valence-electron chi connectivity index (χ1n) is 5.71. The summed E-state index contributed by atoms with van der Waals surface area (Å²) in [5, 5.41) is 9.27. The highest BCUT2D eigenvalue weighted by Gasteiger charge is 2.08. The predicted molar refractivity (Wildman–Crippen MR) is 73.8 cm³/mol. The third-order valence-electron chi connectivity index (χ3n) is 2.73. The third kappa shape index (κ3) is 2.72. The lowest BCUT2D eigenvalue weighted by Crippen LogP contribution is -2.01. The van der Waals surface area contributed by atoms with Gasteiger partial charge in [-0.25, -0.2) is 0 Å². The molecule has 2 rings (SSSR count). The van der Waals surface area contributed by atoms with Crippen molar-refractivity contribution in [3.05, 3.63) is 59.9 Å². The molecule has 0 bridgehead atoms. The van der Waals surface area contributed by atoms with Crippen LogP contribution in [0.25, 0.3) is 11.3 Å². The number of hydrogen-bond acceptors (Lipinski definition) is 4. The molecule has 1 aromatic carbocycles. The molecule has 0 spiro atoms. The molecule has 0 radical (unpaired) electrons. The molecule has 0 amide bonds. The lowest BCUT2D eigenvalue weighted by molar-refractivity contribution is 0.415. The van der Waals surface area contributed by atoms with Gasteiger partial charge in [0.15, 0.2) is 0 Å². The molecule has 94 valence electrons. The average molecular weight is 251 g/mol. The fourth-order valence-corrected chi connectivity index (χ4v) is 1.71. The van der Waals surface area contributed by atoms with Crippen LogP contribution >= 0.6 is 0 Å². The van der Waals surface area contributed by atoms with Crippen LogP contribution in [0.4, 0.5) is 0 Å². The maximum Gasteiger partial charge on any atom is 0.118 e. The number of nitriles is 1. The smallest absolute Gasteiger partial charge is 0.118 e. The number of nitrogens with zero attached hydrogens (tertiary/aromatic N) is 2. The highest BCUT2D eigenvalue weighted by atomic mass is 16.5. The minimum Gasteiger partial charge on any atom is -0.497 e. The Kier molecular flexibility index (Phi) is 3.79. The fourth-order valence-electron chi connectivity index (χ4n) is 1.71. The molecule has 0 aliphatic heterocycles. The summed E-state index contributed by atoms with van der Waals surface area (Å²) < 4.78 is 5.09. The summed E-state index contributed by atoms with van der Waals surface area (Å²) in [5.74, 6) is 0.747. The van der Waals surface area contributed by atoms with Crippen molar-refractivity contribution in [2.45, 2.75) is 0 Å². The van der Waals surface area contributed by atoms with Crippen LogP contribution in [0.2, 0.25) is 0 Å². The Balaban J connectivity index is 2.46. The van der Waals surface area contributed by atoms with Gasteiger partial charge in [-0.3, -0.25) is 4.98 Å². The number of ether oxygens (including phenoxy) is 1. The quantitative estimate of drug-likeness (QED) is 0.850. The van der Waals surface area contributed by atoms with E-state index in [2.05, 4.69) is 11.1 Å². The van der Waals surface area contributed by atoms with E-state index in [4.69, 9.17) is 10.5 Å². The SMILES string of the molecule is COc1ccc(/C(N)=C(/C#N)c2cccnc2)cc1. The van der Waals surface area contributed by atoms with Crippen molar-refractivity contribution >= 4 is 11.3 Å². The monoisotopic (exact) mass is 251 g/mol. The van der Waals surface area contributed by atoms with Crippen molar-refractivity contribution in [1.29, 1.82) is 5.26 Å². The first-order chi connectivity index (χ1) is 9.26. The Morgan fingerprint density at radius 3 is 2.47 bits per heavy atom. The van der Waals surface area contributed by atoms with Gasteiger partial charge < -0.3 is 10.5 Å². The van der Waals surface area contributed by atoms with Gasteiger partial charge >= 0.3 is 0 Å². The van der Waals surface area contributed by atoms with Gasteiger partial charge in [0.25, 0.3) is 0 Å². The molecule has 0 aliphatic rings. The Labute approximate surface area is 111 Å². The Morgan fingerprint density at radius 2 is 1.95 bits per heavy atom. The maximum atomic E-state index is 9.27. The number of benzene rings is 1. The lowest BCUT2D eigenvalue weighted by Gasteiger charge is -2.07. The summed E-state index contributed by atoms with van der Waals surface area (Å²) in [7, 11) is 1.60. The van der Waals surface area contributed by atoms with Crippen molar-refractivity contribution in [2.24, 2.45) is 5.73 Å². The van der Waals surface area contributed by atoms with E-state index in [-0.39, 0.29) is 0 Å². The lowest BCUT2D eigenvalue weighted by atomic mass is 10.0. The summed E-state index contributed by atoms with van der Waals surface area (Å²) in [4.78, 5) is 4.00. The second kappa shape index (κ2) is 5.69. The minimum absolute atomic E-state index is 0.415. The van der Waals surface area contributed by atoms with Crippen LogP contribution in [0, 0.1) is 11.3 Å². The number of methoxy groups -OCH3 is 1. The molecule has 0 atom stereocenters. The van der Waals surface area contributed by atoms with Crippen molar-refractivity contribution in [2.75, 3.05) is 7.11 Å². The second-order valence-corrected chi connectivity index (χ2v) is 3.87. The maximum absolute atomic E-state index is 9.27. The van der Waals surface area contributed by atoms with E-state index in [1.807, 2.05) is 18.2 Å². The van der Waals surface area contributed by atoms with E-state index in [1.165, 1.54) is 0 Å². The number of rotatable bonds is 3. The van der Waals surface area contributed by atoms with Crippen LogP contribution in [0.15, 0.2) is 48.8 Å². The molecule has 2 N–H and O–H groups in total. The first-order valence-corrected chi connectivity index (χ1v) is 5.71. The van der Waals surface area contributed by atoms with Crippen LogP contribution in [-0.4, -0.2) is 12.1 Å². The van der Waals surface area contributed by atoms with Crippen molar-refractivity contribution in [1.82, 2.24) is 4.98 Å². The van der Waals surface area contributed by atoms with Crippen LogP contribution < -0.4 is 10.5 Å². The molecule has 0 saturated heterocycles. The van der Waals surface area contributed by atoms with E-state index in [9.17, 15) is 5.26 Å². The van der Waals surface area contributed by atoms with Gasteiger partial charge in [0.05, 0.1) is 18.4 Å². The molecule has 19 heavy (non-hydrogen) atoms. The molecule has 1 heterocycles. The molecule has 0 fully saturated rings. The Bertz CT molecular complexity index is 625. The van der Waals surface area contributed by atoms with E-state index >= 15 is 0 Å². The number of nitrogens with two attached hydrogens (primary N) is 1. The molecule has 4 heteroatoms. The zero-order valence-electron chi connectivity index (χ0n) is 10.5. The van der Waals surface area contributed by atoms with E-state index in [0.29, 0.717) is 16.8 Å². The minimum atomic E-state index is 0.415. The van der Waals surface area contributed by atoms with Gasteiger partial charge in [-0.1, -0.05) is 6.07 Å². The van der Waals surface area contributed by atoms with E-state index in [1.54, 1.807) is 37.7 Å². The normalized spacial score (nSPS) is 11.4. The largest absolute Gasteiger partial charge is 0.497 e. The number of pyridine rings is 1. The number of hydrogen-bond donors (Lipinski definition) is 1. The van der Waals surface area contributed by atoms with E-state index < -0.39 is 0 Å². The molecular weight excluding hydrogens is 238 g/mol. The standard InChI is InChI=1S/C15H13N3O/c1-19-13-6-4-11(5-7-13)15(17)14(9-16)12-3-2-8-18-10-12/h2-8,10H,17H2,1H3/b15-14+. The molecule has 0 unspecified atom stereocenters. The molecule has 0 saturated carbocycles. The van der Waals surface area contributed by atoms with Gasteiger partial charge in [-0.2, -0.15) is 5.26 Å².